The van der Waals surface area contributed by atoms with Gasteiger partial charge in [-0.1, -0.05) is 24.6 Å². The molecule has 0 aromatic heterocycles. The number of amides is 1. The molecule has 1 saturated carbocycles. The first-order valence-corrected chi connectivity index (χ1v) is 6.73. The second-order valence-corrected chi connectivity index (χ2v) is 5.41. The number of nitrogens with two attached hydrogens (primary N) is 1. The van der Waals surface area contributed by atoms with Crippen molar-refractivity contribution in [1.29, 1.82) is 0 Å². The number of benzene rings is 1. The molecule has 1 aromatic rings. The highest BCUT2D eigenvalue weighted by Gasteiger charge is 2.42. The summed E-state index contributed by atoms with van der Waals surface area (Å²) >= 11 is 0. The van der Waals surface area contributed by atoms with Crippen LogP contribution in [0.5, 0.6) is 5.75 Å². The van der Waals surface area contributed by atoms with Crippen LogP contribution in [0.2, 0.25) is 0 Å². The van der Waals surface area contributed by atoms with Crippen LogP contribution in [-0.2, 0) is 11.3 Å². The predicted molar refractivity (Wildman–Crippen MR) is 74.8 cm³/mol. The van der Waals surface area contributed by atoms with Crippen molar-refractivity contribution >= 4 is 5.91 Å². The lowest BCUT2D eigenvalue weighted by Crippen LogP contribution is -2.47. The van der Waals surface area contributed by atoms with E-state index in [9.17, 15) is 4.79 Å². The van der Waals surface area contributed by atoms with Crippen molar-refractivity contribution in [2.45, 2.75) is 38.8 Å². The third-order valence-electron chi connectivity index (χ3n) is 4.18. The number of hydrogen-bond acceptors (Lipinski definition) is 3. The summed E-state index contributed by atoms with van der Waals surface area (Å²) < 4.78 is 5.27. The fraction of sp³-hybridized carbons (Fsp3) is 0.533. The zero-order chi connectivity index (χ0) is 13.9. The van der Waals surface area contributed by atoms with Crippen LogP contribution in [0.25, 0.3) is 0 Å². The molecule has 0 saturated heterocycles. The van der Waals surface area contributed by atoms with Crippen LogP contribution < -0.4 is 15.8 Å². The average Bonchev–Trinajstić information content (AvgIpc) is 2.77. The molecule has 1 aliphatic carbocycles. The second-order valence-electron chi connectivity index (χ2n) is 5.41. The summed E-state index contributed by atoms with van der Waals surface area (Å²) in [6.07, 6.45) is 2.82. The Morgan fingerprint density at radius 3 is 2.89 bits per heavy atom. The van der Waals surface area contributed by atoms with Crippen molar-refractivity contribution in [1.82, 2.24) is 5.32 Å². The van der Waals surface area contributed by atoms with E-state index in [2.05, 4.69) is 5.32 Å². The fourth-order valence-electron chi connectivity index (χ4n) is 2.70. The number of ether oxygens (including phenoxy) is 1. The highest BCUT2D eigenvalue weighted by molar-refractivity contribution is 5.83. The quantitative estimate of drug-likeness (QED) is 0.870. The van der Waals surface area contributed by atoms with Crippen LogP contribution in [0.3, 0.4) is 0 Å². The number of nitrogens with one attached hydrogen (secondary N) is 1. The zero-order valence-electron chi connectivity index (χ0n) is 11.6. The third kappa shape index (κ3) is 2.73. The minimum atomic E-state index is -0.429. The van der Waals surface area contributed by atoms with E-state index in [1.54, 1.807) is 7.11 Å². The molecule has 1 aliphatic rings. The van der Waals surface area contributed by atoms with E-state index >= 15 is 0 Å². The van der Waals surface area contributed by atoms with Gasteiger partial charge < -0.3 is 15.8 Å². The molecule has 3 N–H and O–H groups in total. The number of hydrogen-bond donors (Lipinski definition) is 2. The Balaban J connectivity index is 2.01. The third-order valence-corrected chi connectivity index (χ3v) is 4.18. The largest absolute Gasteiger partial charge is 0.496 e. The van der Waals surface area contributed by atoms with Gasteiger partial charge in [-0.05, 0) is 25.8 Å². The van der Waals surface area contributed by atoms with Gasteiger partial charge in [-0.25, -0.2) is 0 Å². The summed E-state index contributed by atoms with van der Waals surface area (Å²) in [5.41, 5.74) is 6.61. The minimum Gasteiger partial charge on any atom is -0.496 e. The molecule has 104 valence electrons. The molecule has 1 fully saturated rings. The van der Waals surface area contributed by atoms with Crippen LogP contribution in [-0.4, -0.2) is 19.1 Å². The van der Waals surface area contributed by atoms with Crippen LogP contribution >= 0.6 is 0 Å². The highest BCUT2D eigenvalue weighted by Crippen LogP contribution is 2.36. The zero-order valence-corrected chi connectivity index (χ0v) is 11.6. The molecule has 2 unspecified atom stereocenters. The van der Waals surface area contributed by atoms with Crippen molar-refractivity contribution in [3.63, 3.8) is 0 Å². The van der Waals surface area contributed by atoms with Crippen molar-refractivity contribution in [2.24, 2.45) is 11.1 Å². The monoisotopic (exact) mass is 262 g/mol. The van der Waals surface area contributed by atoms with Gasteiger partial charge in [0.1, 0.15) is 5.75 Å². The maximum Gasteiger partial charge on any atom is 0.227 e. The van der Waals surface area contributed by atoms with E-state index < -0.39 is 5.41 Å². The fourth-order valence-corrected chi connectivity index (χ4v) is 2.70. The molecule has 4 nitrogen and oxygen atoms in total. The Kier molecular flexibility index (Phi) is 4.10. The predicted octanol–water partition coefficient (Wildman–Crippen LogP) is 1.83. The summed E-state index contributed by atoms with van der Waals surface area (Å²) in [6.45, 7) is 2.44. The van der Waals surface area contributed by atoms with Crippen LogP contribution in [0, 0.1) is 5.41 Å². The molecule has 2 atom stereocenters. The highest BCUT2D eigenvalue weighted by atomic mass is 16.5. The lowest BCUT2D eigenvalue weighted by atomic mass is 9.84. The molecule has 0 aliphatic heterocycles. The standard InChI is InChI=1S/C15H22N2O2/c1-15(9-5-8-13(15)16)14(18)17-10-11-6-3-4-7-12(11)19-2/h3-4,6-7,13H,5,8-10,16H2,1-2H3,(H,17,18). The first-order valence-electron chi connectivity index (χ1n) is 6.73. The molecular weight excluding hydrogens is 240 g/mol. The van der Waals surface area contributed by atoms with Gasteiger partial charge in [-0.2, -0.15) is 0 Å². The van der Waals surface area contributed by atoms with Crippen LogP contribution in [0.15, 0.2) is 24.3 Å². The Labute approximate surface area is 114 Å². The SMILES string of the molecule is COc1ccccc1CNC(=O)C1(C)CCCC1N. The lowest BCUT2D eigenvalue weighted by Gasteiger charge is -2.27. The van der Waals surface area contributed by atoms with Gasteiger partial charge in [0.2, 0.25) is 5.91 Å². The van der Waals surface area contributed by atoms with Gasteiger partial charge in [0, 0.05) is 18.2 Å². The van der Waals surface area contributed by atoms with Crippen LogP contribution in [0.4, 0.5) is 0 Å². The molecule has 19 heavy (non-hydrogen) atoms. The Morgan fingerprint density at radius 2 is 2.26 bits per heavy atom. The van der Waals surface area contributed by atoms with E-state index in [4.69, 9.17) is 10.5 Å². The number of methoxy groups -OCH3 is 1. The maximum absolute atomic E-state index is 12.3. The Bertz CT molecular complexity index is 461. The first-order chi connectivity index (χ1) is 9.08. The van der Waals surface area contributed by atoms with Crippen molar-refractivity contribution in [3.8, 4) is 5.75 Å². The minimum absolute atomic E-state index is 0.0369. The first kappa shape index (κ1) is 13.9. The topological polar surface area (TPSA) is 64.3 Å². The number of para-hydroxylation sites is 1. The average molecular weight is 262 g/mol. The van der Waals surface area contributed by atoms with Gasteiger partial charge in [-0.3, -0.25) is 4.79 Å². The summed E-state index contributed by atoms with van der Waals surface area (Å²) in [4.78, 5) is 12.3. The van der Waals surface area contributed by atoms with Crippen molar-refractivity contribution in [2.75, 3.05) is 7.11 Å². The molecule has 1 aromatic carbocycles. The van der Waals surface area contributed by atoms with E-state index in [1.807, 2.05) is 31.2 Å². The number of rotatable bonds is 4. The Morgan fingerprint density at radius 1 is 1.53 bits per heavy atom. The maximum atomic E-state index is 12.3. The number of carbonyl (C=O) groups excluding carboxylic acids is 1. The smallest absolute Gasteiger partial charge is 0.227 e. The summed E-state index contributed by atoms with van der Waals surface area (Å²) in [6, 6.07) is 7.66. The van der Waals surface area contributed by atoms with Gasteiger partial charge >= 0.3 is 0 Å². The van der Waals surface area contributed by atoms with Gasteiger partial charge in [-0.15, -0.1) is 0 Å². The normalized spacial score (nSPS) is 26.2. The number of carbonyl (C=O) groups is 1. The van der Waals surface area contributed by atoms with Crippen molar-refractivity contribution in [3.05, 3.63) is 29.8 Å². The molecule has 1 amide bonds. The molecule has 0 radical (unpaired) electrons. The molecule has 2 rings (SSSR count). The van der Waals surface area contributed by atoms with E-state index in [-0.39, 0.29) is 11.9 Å². The molecule has 0 bridgehead atoms. The van der Waals surface area contributed by atoms with Gasteiger partial charge in [0.25, 0.3) is 0 Å². The second kappa shape index (κ2) is 5.61. The molecule has 0 heterocycles. The van der Waals surface area contributed by atoms with Crippen molar-refractivity contribution < 1.29 is 9.53 Å². The summed E-state index contributed by atoms with van der Waals surface area (Å²) in [7, 11) is 1.63. The molecule has 4 heteroatoms. The van der Waals surface area contributed by atoms with Gasteiger partial charge in [0.15, 0.2) is 0 Å². The summed E-state index contributed by atoms with van der Waals surface area (Å²) in [5.74, 6) is 0.840. The molecular formula is C15H22N2O2. The van der Waals surface area contributed by atoms with E-state index in [0.29, 0.717) is 6.54 Å². The lowest BCUT2D eigenvalue weighted by molar-refractivity contribution is -0.130. The van der Waals surface area contributed by atoms with E-state index in [0.717, 1.165) is 30.6 Å². The van der Waals surface area contributed by atoms with Gasteiger partial charge in [0.05, 0.1) is 12.5 Å². The molecule has 0 spiro atoms. The van der Waals surface area contributed by atoms with E-state index in [1.165, 1.54) is 0 Å². The summed E-state index contributed by atoms with van der Waals surface area (Å²) in [5, 5.41) is 2.99. The Hall–Kier alpha value is -1.55. The van der Waals surface area contributed by atoms with Crippen LogP contribution in [0.1, 0.15) is 31.7 Å².